The summed E-state index contributed by atoms with van der Waals surface area (Å²) in [5.41, 5.74) is 7.39. The number of carbonyl (C=O) groups excluding carboxylic acids is 1. The van der Waals surface area contributed by atoms with Crippen LogP contribution in [0.5, 0.6) is 5.75 Å². The van der Waals surface area contributed by atoms with Crippen molar-refractivity contribution in [1.29, 1.82) is 0 Å². The maximum Gasteiger partial charge on any atom is 0.255 e. The minimum absolute atomic E-state index is 0.204. The van der Waals surface area contributed by atoms with E-state index >= 15 is 0 Å². The molecule has 0 spiro atoms. The molecule has 0 atom stereocenters. The van der Waals surface area contributed by atoms with Crippen molar-refractivity contribution < 1.29 is 9.53 Å². The Hall–Kier alpha value is -2.56. The number of hydrogen-bond acceptors (Lipinski definition) is 4. The smallest absolute Gasteiger partial charge is 0.255 e. The molecule has 92 valence electrons. The molecule has 1 aromatic carbocycles. The molecule has 0 saturated carbocycles. The fraction of sp³-hybridized carbons (Fsp3) is 0.0769. The minimum Gasteiger partial charge on any atom is -0.495 e. The number of rotatable bonds is 3. The predicted octanol–water partition coefficient (Wildman–Crippen LogP) is 1.92. The van der Waals surface area contributed by atoms with Crippen molar-refractivity contribution in [2.24, 2.45) is 0 Å². The van der Waals surface area contributed by atoms with Crippen molar-refractivity contribution in [3.8, 4) is 5.75 Å². The lowest BCUT2D eigenvalue weighted by Gasteiger charge is -2.08. The van der Waals surface area contributed by atoms with E-state index in [-0.39, 0.29) is 5.91 Å². The number of hydrogen-bond donors (Lipinski definition) is 2. The zero-order chi connectivity index (χ0) is 13.0. The normalized spacial score (nSPS) is 9.83. The Labute approximate surface area is 105 Å². The molecule has 0 unspecified atom stereocenters. The first-order chi connectivity index (χ1) is 8.70. The number of nitrogens with two attached hydrogens (primary N) is 1. The van der Waals surface area contributed by atoms with Gasteiger partial charge in [0.1, 0.15) is 5.75 Å². The molecule has 0 aliphatic heterocycles. The lowest BCUT2D eigenvalue weighted by Crippen LogP contribution is -2.12. The summed E-state index contributed by atoms with van der Waals surface area (Å²) >= 11 is 0. The number of carbonyl (C=O) groups is 1. The third-order valence-electron chi connectivity index (χ3n) is 2.43. The number of methoxy groups -OCH3 is 1. The molecule has 0 aliphatic carbocycles. The van der Waals surface area contributed by atoms with Gasteiger partial charge in [0, 0.05) is 29.7 Å². The van der Waals surface area contributed by atoms with Crippen LogP contribution in [0, 0.1) is 0 Å². The van der Waals surface area contributed by atoms with Gasteiger partial charge < -0.3 is 15.8 Å². The van der Waals surface area contributed by atoms with Crippen molar-refractivity contribution in [2.45, 2.75) is 0 Å². The van der Waals surface area contributed by atoms with E-state index in [1.54, 1.807) is 42.7 Å². The van der Waals surface area contributed by atoms with Gasteiger partial charge in [0.25, 0.3) is 5.91 Å². The molecule has 0 aliphatic rings. The first kappa shape index (κ1) is 11.9. The summed E-state index contributed by atoms with van der Waals surface area (Å²) in [5, 5.41) is 2.76. The number of anilines is 2. The highest BCUT2D eigenvalue weighted by molar-refractivity contribution is 6.04. The Balaban J connectivity index is 2.17. The zero-order valence-electron chi connectivity index (χ0n) is 9.88. The van der Waals surface area contributed by atoms with Gasteiger partial charge in [-0.3, -0.25) is 9.78 Å². The average Bonchev–Trinajstić information content (AvgIpc) is 2.42. The van der Waals surface area contributed by atoms with Gasteiger partial charge in [-0.15, -0.1) is 0 Å². The molecule has 1 amide bonds. The standard InChI is InChI=1S/C13H13N3O2/c1-18-12-8-10(2-3-11(12)14)16-13(17)9-4-6-15-7-5-9/h2-8H,14H2,1H3,(H,16,17). The Morgan fingerprint density at radius 2 is 2.00 bits per heavy atom. The van der Waals surface area contributed by atoms with Crippen LogP contribution in [-0.4, -0.2) is 18.0 Å². The number of pyridine rings is 1. The summed E-state index contributed by atoms with van der Waals surface area (Å²) in [6.07, 6.45) is 3.14. The summed E-state index contributed by atoms with van der Waals surface area (Å²) in [6, 6.07) is 8.36. The fourth-order valence-corrected chi connectivity index (χ4v) is 1.50. The van der Waals surface area contributed by atoms with Crippen LogP contribution in [0.15, 0.2) is 42.7 Å². The van der Waals surface area contributed by atoms with Crippen LogP contribution in [-0.2, 0) is 0 Å². The highest BCUT2D eigenvalue weighted by atomic mass is 16.5. The van der Waals surface area contributed by atoms with Crippen LogP contribution < -0.4 is 15.8 Å². The molecule has 0 radical (unpaired) electrons. The number of nitrogens with one attached hydrogen (secondary N) is 1. The number of benzene rings is 1. The molecule has 2 rings (SSSR count). The van der Waals surface area contributed by atoms with Gasteiger partial charge in [-0.25, -0.2) is 0 Å². The van der Waals surface area contributed by atoms with Crippen LogP contribution in [0.1, 0.15) is 10.4 Å². The van der Waals surface area contributed by atoms with E-state index in [1.165, 1.54) is 7.11 Å². The Bertz CT molecular complexity index is 555. The molecular weight excluding hydrogens is 230 g/mol. The van der Waals surface area contributed by atoms with E-state index < -0.39 is 0 Å². The number of nitrogens with zero attached hydrogens (tertiary/aromatic N) is 1. The molecule has 0 bridgehead atoms. The van der Waals surface area contributed by atoms with Crippen LogP contribution in [0.3, 0.4) is 0 Å². The molecule has 3 N–H and O–H groups in total. The van der Waals surface area contributed by atoms with Crippen molar-refractivity contribution >= 4 is 17.3 Å². The third-order valence-corrected chi connectivity index (χ3v) is 2.43. The van der Waals surface area contributed by atoms with Gasteiger partial charge in [-0.1, -0.05) is 0 Å². The molecule has 1 aromatic heterocycles. The average molecular weight is 243 g/mol. The van der Waals surface area contributed by atoms with Gasteiger partial charge in [0.15, 0.2) is 0 Å². The van der Waals surface area contributed by atoms with Crippen LogP contribution >= 0.6 is 0 Å². The molecule has 1 heterocycles. The summed E-state index contributed by atoms with van der Waals surface area (Å²) in [6.45, 7) is 0. The molecule has 0 saturated heterocycles. The first-order valence-corrected chi connectivity index (χ1v) is 5.35. The van der Waals surface area contributed by atoms with Gasteiger partial charge in [-0.05, 0) is 24.3 Å². The minimum atomic E-state index is -0.204. The molecular formula is C13H13N3O2. The third kappa shape index (κ3) is 2.57. The van der Waals surface area contributed by atoms with Gasteiger partial charge in [0.05, 0.1) is 12.8 Å². The molecule has 18 heavy (non-hydrogen) atoms. The van der Waals surface area contributed by atoms with Crippen molar-refractivity contribution in [2.75, 3.05) is 18.2 Å². The van der Waals surface area contributed by atoms with E-state index in [0.29, 0.717) is 22.7 Å². The van der Waals surface area contributed by atoms with E-state index in [0.717, 1.165) is 0 Å². The summed E-state index contributed by atoms with van der Waals surface area (Å²) in [5.74, 6) is 0.326. The van der Waals surface area contributed by atoms with E-state index in [1.807, 2.05) is 0 Å². The van der Waals surface area contributed by atoms with Crippen LogP contribution in [0.4, 0.5) is 11.4 Å². The molecule has 2 aromatic rings. The van der Waals surface area contributed by atoms with Crippen molar-refractivity contribution in [3.63, 3.8) is 0 Å². The highest BCUT2D eigenvalue weighted by Gasteiger charge is 2.07. The molecule has 5 nitrogen and oxygen atoms in total. The first-order valence-electron chi connectivity index (χ1n) is 5.35. The second kappa shape index (κ2) is 5.18. The Kier molecular flexibility index (Phi) is 3.43. The second-order valence-corrected chi connectivity index (χ2v) is 3.65. The largest absolute Gasteiger partial charge is 0.495 e. The fourth-order valence-electron chi connectivity index (χ4n) is 1.50. The van der Waals surface area contributed by atoms with Crippen LogP contribution in [0.25, 0.3) is 0 Å². The van der Waals surface area contributed by atoms with Gasteiger partial charge >= 0.3 is 0 Å². The van der Waals surface area contributed by atoms with Gasteiger partial charge in [-0.2, -0.15) is 0 Å². The maximum atomic E-state index is 11.9. The highest BCUT2D eigenvalue weighted by Crippen LogP contribution is 2.25. The number of nitrogen functional groups attached to an aromatic ring is 1. The zero-order valence-corrected chi connectivity index (χ0v) is 9.88. The summed E-state index contributed by atoms with van der Waals surface area (Å²) in [4.78, 5) is 15.7. The SMILES string of the molecule is COc1cc(NC(=O)c2ccncc2)ccc1N. The monoisotopic (exact) mass is 243 g/mol. The van der Waals surface area contributed by atoms with Gasteiger partial charge in [0.2, 0.25) is 0 Å². The molecule has 5 heteroatoms. The second-order valence-electron chi connectivity index (χ2n) is 3.65. The van der Waals surface area contributed by atoms with Crippen molar-refractivity contribution in [1.82, 2.24) is 4.98 Å². The number of aromatic nitrogens is 1. The van der Waals surface area contributed by atoms with E-state index in [2.05, 4.69) is 10.3 Å². The lowest BCUT2D eigenvalue weighted by molar-refractivity contribution is 0.102. The quantitative estimate of drug-likeness (QED) is 0.807. The molecule has 0 fully saturated rings. The number of amides is 1. The van der Waals surface area contributed by atoms with Crippen LogP contribution in [0.2, 0.25) is 0 Å². The van der Waals surface area contributed by atoms with Crippen molar-refractivity contribution in [3.05, 3.63) is 48.3 Å². The lowest BCUT2D eigenvalue weighted by atomic mass is 10.2. The maximum absolute atomic E-state index is 11.9. The summed E-state index contributed by atoms with van der Waals surface area (Å²) < 4.78 is 5.09. The summed E-state index contributed by atoms with van der Waals surface area (Å²) in [7, 11) is 1.53. The topological polar surface area (TPSA) is 77.2 Å². The van der Waals surface area contributed by atoms with E-state index in [4.69, 9.17) is 10.5 Å². The predicted molar refractivity (Wildman–Crippen MR) is 69.6 cm³/mol. The van der Waals surface area contributed by atoms with E-state index in [9.17, 15) is 4.79 Å². The Morgan fingerprint density at radius 1 is 1.28 bits per heavy atom. The Morgan fingerprint density at radius 3 is 2.67 bits per heavy atom. The number of ether oxygens (including phenoxy) is 1.